The maximum absolute atomic E-state index is 13.6. The summed E-state index contributed by atoms with van der Waals surface area (Å²) in [5.74, 6) is 0. The Morgan fingerprint density at radius 3 is 2.73 bits per heavy atom. The Kier molecular flexibility index (Phi) is 4.96. The van der Waals surface area contributed by atoms with Gasteiger partial charge in [-0.2, -0.15) is 13.1 Å². The zero-order chi connectivity index (χ0) is 18.1. The Bertz CT molecular complexity index is 1040. The van der Waals surface area contributed by atoms with E-state index in [1.165, 1.54) is 0 Å². The van der Waals surface area contributed by atoms with Crippen molar-refractivity contribution in [1.29, 1.82) is 0 Å². The molecule has 136 valence electrons. The van der Waals surface area contributed by atoms with Gasteiger partial charge in [-0.3, -0.25) is 0 Å². The number of hydrogen-bond donors (Lipinski definition) is 0. The van der Waals surface area contributed by atoms with Gasteiger partial charge in [0.05, 0.1) is 17.8 Å². The van der Waals surface area contributed by atoms with Crippen molar-refractivity contribution in [2.45, 2.75) is 36.6 Å². The van der Waals surface area contributed by atoms with Crippen LogP contribution in [0.1, 0.15) is 37.3 Å². The highest BCUT2D eigenvalue weighted by atomic mass is 35.5. The largest absolute Gasteiger partial charge is 0.245 e. The van der Waals surface area contributed by atoms with Crippen LogP contribution in [0.4, 0.5) is 0 Å². The van der Waals surface area contributed by atoms with Gasteiger partial charge in [-0.15, -0.1) is 0 Å². The Labute approximate surface area is 162 Å². The lowest BCUT2D eigenvalue weighted by molar-refractivity contribution is 0.329. The van der Waals surface area contributed by atoms with Crippen LogP contribution < -0.4 is 0 Å². The first-order valence-electron chi connectivity index (χ1n) is 8.56. The minimum atomic E-state index is -3.72. The van der Waals surface area contributed by atoms with Crippen LogP contribution >= 0.6 is 23.3 Å². The maximum Gasteiger partial charge on any atom is 0.245 e. The summed E-state index contributed by atoms with van der Waals surface area (Å²) in [6, 6.07) is 12.4. The molecule has 0 N–H and O–H groups in total. The average molecular weight is 408 g/mol. The number of aromatic nitrogens is 2. The number of benzene rings is 2. The van der Waals surface area contributed by atoms with Crippen LogP contribution in [-0.2, 0) is 10.0 Å². The number of hydrogen-bond acceptors (Lipinski definition) is 5. The van der Waals surface area contributed by atoms with Gasteiger partial charge in [-0.25, -0.2) is 8.42 Å². The van der Waals surface area contributed by atoms with Crippen LogP contribution in [0, 0.1) is 0 Å². The molecule has 1 aliphatic rings. The molecule has 2 heterocycles. The smallest absolute Gasteiger partial charge is 0.207 e. The molecule has 1 aromatic heterocycles. The SMILES string of the molecule is O=S(=O)(c1cccc2nsnc12)N1CCCCCC1c1ccccc1Cl. The molecule has 1 aliphatic heterocycles. The minimum Gasteiger partial charge on any atom is -0.207 e. The monoisotopic (exact) mass is 407 g/mol. The van der Waals surface area contributed by atoms with E-state index in [9.17, 15) is 8.42 Å². The third-order valence-electron chi connectivity index (χ3n) is 4.80. The third kappa shape index (κ3) is 3.13. The molecule has 0 radical (unpaired) electrons. The molecule has 5 nitrogen and oxygen atoms in total. The summed E-state index contributed by atoms with van der Waals surface area (Å²) in [5.41, 5.74) is 1.92. The second-order valence-electron chi connectivity index (χ2n) is 6.39. The predicted octanol–water partition coefficient (Wildman–Crippen LogP) is 4.65. The Balaban J connectivity index is 1.84. The Morgan fingerprint density at radius 1 is 1.04 bits per heavy atom. The first-order valence-corrected chi connectivity index (χ1v) is 11.1. The number of rotatable bonds is 3. The van der Waals surface area contributed by atoms with E-state index in [0.29, 0.717) is 22.6 Å². The van der Waals surface area contributed by atoms with Gasteiger partial charge in [0.25, 0.3) is 0 Å². The van der Waals surface area contributed by atoms with Crippen LogP contribution in [-0.4, -0.2) is 28.0 Å². The lowest BCUT2D eigenvalue weighted by Gasteiger charge is -2.30. The highest BCUT2D eigenvalue weighted by molar-refractivity contribution is 7.89. The third-order valence-corrected chi connectivity index (χ3v) is 7.63. The van der Waals surface area contributed by atoms with Crippen molar-refractivity contribution >= 4 is 44.4 Å². The summed E-state index contributed by atoms with van der Waals surface area (Å²) in [6.45, 7) is 0.478. The standard InChI is InChI=1S/C18H18ClN3O2S2/c19-14-8-4-3-7-13(14)16-10-2-1-5-12-22(16)26(23,24)17-11-6-9-15-18(17)21-25-20-15/h3-4,6-9,11,16H,1-2,5,10,12H2. The molecule has 1 fully saturated rings. The number of nitrogens with zero attached hydrogens (tertiary/aromatic N) is 3. The molecular weight excluding hydrogens is 390 g/mol. The van der Waals surface area contributed by atoms with Gasteiger partial charge in [0.15, 0.2) is 0 Å². The lowest BCUT2D eigenvalue weighted by atomic mass is 10.0. The molecule has 1 unspecified atom stereocenters. The molecule has 0 spiro atoms. The van der Waals surface area contributed by atoms with E-state index in [1.54, 1.807) is 22.5 Å². The molecule has 2 aromatic carbocycles. The molecule has 8 heteroatoms. The van der Waals surface area contributed by atoms with Crippen molar-refractivity contribution < 1.29 is 8.42 Å². The molecule has 0 amide bonds. The van der Waals surface area contributed by atoms with Crippen LogP contribution in [0.2, 0.25) is 5.02 Å². The highest BCUT2D eigenvalue weighted by Gasteiger charge is 2.35. The molecule has 26 heavy (non-hydrogen) atoms. The van der Waals surface area contributed by atoms with Crippen molar-refractivity contribution in [3.05, 3.63) is 53.1 Å². The summed E-state index contributed by atoms with van der Waals surface area (Å²) in [5, 5.41) is 0.605. The molecule has 0 bridgehead atoms. The van der Waals surface area contributed by atoms with Crippen LogP contribution in [0.25, 0.3) is 11.0 Å². The van der Waals surface area contributed by atoms with Crippen molar-refractivity contribution in [2.75, 3.05) is 6.54 Å². The topological polar surface area (TPSA) is 63.2 Å². The number of halogens is 1. The van der Waals surface area contributed by atoms with Crippen LogP contribution in [0.3, 0.4) is 0 Å². The van der Waals surface area contributed by atoms with Crippen molar-refractivity contribution in [1.82, 2.24) is 13.1 Å². The summed E-state index contributed by atoms with van der Waals surface area (Å²) in [4.78, 5) is 0.225. The molecule has 4 rings (SSSR count). The van der Waals surface area contributed by atoms with Gasteiger partial charge < -0.3 is 0 Å². The van der Waals surface area contributed by atoms with Crippen LogP contribution in [0.5, 0.6) is 0 Å². The van der Waals surface area contributed by atoms with E-state index in [4.69, 9.17) is 11.6 Å². The fraction of sp³-hybridized carbons (Fsp3) is 0.333. The van der Waals surface area contributed by atoms with Gasteiger partial charge in [0.2, 0.25) is 10.0 Å². The molecule has 1 saturated heterocycles. The predicted molar refractivity (Wildman–Crippen MR) is 104 cm³/mol. The van der Waals surface area contributed by atoms with E-state index >= 15 is 0 Å². The van der Waals surface area contributed by atoms with Gasteiger partial charge in [0, 0.05) is 11.6 Å². The van der Waals surface area contributed by atoms with Crippen LogP contribution in [0.15, 0.2) is 47.4 Å². The average Bonchev–Trinajstić information content (AvgIpc) is 2.98. The second kappa shape index (κ2) is 7.23. The first-order chi connectivity index (χ1) is 12.6. The van der Waals surface area contributed by atoms with Gasteiger partial charge in [-0.05, 0) is 36.6 Å². The molecule has 3 aromatic rings. The molecular formula is C18H18ClN3O2S2. The molecule has 1 atom stereocenters. The number of fused-ring (bicyclic) bond motifs is 1. The van der Waals surface area contributed by atoms with Gasteiger partial charge >= 0.3 is 0 Å². The zero-order valence-electron chi connectivity index (χ0n) is 14.0. The van der Waals surface area contributed by atoms with E-state index in [2.05, 4.69) is 8.75 Å². The Morgan fingerprint density at radius 2 is 1.88 bits per heavy atom. The summed E-state index contributed by atoms with van der Waals surface area (Å²) in [6.07, 6.45) is 3.58. The molecule has 0 aliphatic carbocycles. The fourth-order valence-electron chi connectivity index (χ4n) is 3.54. The van der Waals surface area contributed by atoms with Crippen molar-refractivity contribution in [2.24, 2.45) is 0 Å². The van der Waals surface area contributed by atoms with E-state index in [0.717, 1.165) is 43.0 Å². The van der Waals surface area contributed by atoms with Crippen molar-refractivity contribution in [3.63, 3.8) is 0 Å². The summed E-state index contributed by atoms with van der Waals surface area (Å²) >= 11 is 7.44. The van der Waals surface area contributed by atoms with Gasteiger partial charge in [0.1, 0.15) is 15.9 Å². The number of sulfonamides is 1. The quantitative estimate of drug-likeness (QED) is 0.633. The fourth-order valence-corrected chi connectivity index (χ4v) is 6.23. The van der Waals surface area contributed by atoms with Crippen molar-refractivity contribution in [3.8, 4) is 0 Å². The maximum atomic E-state index is 13.6. The lowest BCUT2D eigenvalue weighted by Crippen LogP contribution is -2.35. The minimum absolute atomic E-state index is 0.225. The summed E-state index contributed by atoms with van der Waals surface area (Å²) in [7, 11) is -3.72. The zero-order valence-corrected chi connectivity index (χ0v) is 16.4. The first kappa shape index (κ1) is 17.9. The molecule has 0 saturated carbocycles. The second-order valence-corrected chi connectivity index (χ2v) is 9.19. The highest BCUT2D eigenvalue weighted by Crippen LogP contribution is 2.38. The normalized spacial score (nSPS) is 19.5. The van der Waals surface area contributed by atoms with Gasteiger partial charge in [-0.1, -0.05) is 48.7 Å². The van der Waals surface area contributed by atoms with E-state index in [-0.39, 0.29) is 10.9 Å². The summed E-state index contributed by atoms with van der Waals surface area (Å²) < 4.78 is 37.1. The van der Waals surface area contributed by atoms with E-state index < -0.39 is 10.0 Å². The Hall–Kier alpha value is -1.54. The van der Waals surface area contributed by atoms with E-state index in [1.807, 2.05) is 24.3 Å².